The first-order valence-electron chi connectivity index (χ1n) is 10.6. The van der Waals surface area contributed by atoms with Gasteiger partial charge in [-0.15, -0.1) is 22.7 Å². The van der Waals surface area contributed by atoms with E-state index < -0.39 is 0 Å². The first-order valence-corrected chi connectivity index (χ1v) is 12.4. The fraction of sp³-hybridized carbons (Fsp3) is 0.609. The molecule has 3 nitrogen and oxygen atoms in total. The zero-order valence-corrected chi connectivity index (χ0v) is 19.1. The topological polar surface area (TPSA) is 35.5 Å². The summed E-state index contributed by atoms with van der Waals surface area (Å²) < 4.78 is 12.1. The number of carbonyl (C=O) groups is 1. The summed E-state index contributed by atoms with van der Waals surface area (Å²) in [6.45, 7) is 7.50. The number of thiophene rings is 2. The smallest absolute Gasteiger partial charge is 0.143 e. The van der Waals surface area contributed by atoms with Crippen molar-refractivity contribution < 1.29 is 14.3 Å². The summed E-state index contributed by atoms with van der Waals surface area (Å²) in [6.07, 6.45) is 9.40. The van der Waals surface area contributed by atoms with Crippen LogP contribution in [-0.2, 0) is 4.79 Å². The number of Topliss-reactive ketones (excluding diaryl/α,β-unsaturated/α-hetero) is 1. The van der Waals surface area contributed by atoms with Gasteiger partial charge in [-0.3, -0.25) is 4.79 Å². The third-order valence-electron chi connectivity index (χ3n) is 4.76. The summed E-state index contributed by atoms with van der Waals surface area (Å²) in [5.74, 6) is 1.54. The highest BCUT2D eigenvalue weighted by atomic mass is 32.1. The van der Waals surface area contributed by atoms with Gasteiger partial charge in [0.1, 0.15) is 17.3 Å². The summed E-state index contributed by atoms with van der Waals surface area (Å²) in [5.41, 5.74) is 0. The Bertz CT molecular complexity index is 637. The van der Waals surface area contributed by atoms with E-state index in [0.717, 1.165) is 34.1 Å². The predicted molar refractivity (Wildman–Crippen MR) is 120 cm³/mol. The summed E-state index contributed by atoms with van der Waals surface area (Å²) in [5, 5.41) is 4.04. The highest BCUT2D eigenvalue weighted by molar-refractivity contribution is 7.12. The van der Waals surface area contributed by atoms with Gasteiger partial charge >= 0.3 is 0 Å². The summed E-state index contributed by atoms with van der Waals surface area (Å²) in [4.78, 5) is 14.6. The second-order valence-corrected chi connectivity index (χ2v) is 9.06. The molecule has 0 fully saturated rings. The van der Waals surface area contributed by atoms with Crippen LogP contribution >= 0.6 is 22.7 Å². The Kier molecular flexibility index (Phi) is 10.7. The van der Waals surface area contributed by atoms with Crippen LogP contribution in [0, 0.1) is 0 Å². The van der Waals surface area contributed by atoms with E-state index in [9.17, 15) is 4.79 Å². The van der Waals surface area contributed by atoms with Crippen molar-refractivity contribution in [1.82, 2.24) is 0 Å². The number of ketones is 1. The molecular weight excluding hydrogens is 388 g/mol. The van der Waals surface area contributed by atoms with Crippen molar-refractivity contribution in [1.29, 1.82) is 0 Å². The summed E-state index contributed by atoms with van der Waals surface area (Å²) in [6, 6.07) is 3.99. The SMILES string of the molecule is CCCCCCOc1ccsc1C(C(C)=O)c1sccc1OCCCCCC. The lowest BCUT2D eigenvalue weighted by atomic mass is 10.00. The second-order valence-electron chi connectivity index (χ2n) is 7.16. The maximum Gasteiger partial charge on any atom is 0.143 e. The first-order chi connectivity index (χ1) is 13.7. The standard InChI is InChI=1S/C23H34O3S2/c1-4-6-8-10-14-25-19-12-16-27-22(19)21(18(3)24)23-20(13-17-28-23)26-15-11-9-7-5-2/h12-13,16-17,21H,4-11,14-15H2,1-3H3. The van der Waals surface area contributed by atoms with Crippen LogP contribution in [0.25, 0.3) is 0 Å². The Balaban J connectivity index is 2.05. The van der Waals surface area contributed by atoms with Crippen LogP contribution in [0.3, 0.4) is 0 Å². The highest BCUT2D eigenvalue weighted by Gasteiger charge is 2.28. The molecule has 0 bridgehead atoms. The molecule has 0 aliphatic rings. The number of rotatable bonds is 15. The second kappa shape index (κ2) is 13.0. The van der Waals surface area contributed by atoms with Crippen molar-refractivity contribution >= 4 is 28.5 Å². The number of hydrogen-bond donors (Lipinski definition) is 0. The fourth-order valence-corrected chi connectivity index (χ4v) is 5.27. The lowest BCUT2D eigenvalue weighted by molar-refractivity contribution is -0.117. The van der Waals surface area contributed by atoms with Gasteiger partial charge in [-0.25, -0.2) is 0 Å². The molecule has 0 saturated heterocycles. The minimum absolute atomic E-state index is 0.136. The van der Waals surface area contributed by atoms with Crippen molar-refractivity contribution in [2.45, 2.75) is 78.1 Å². The Hall–Kier alpha value is -1.33. The van der Waals surface area contributed by atoms with E-state index in [1.807, 2.05) is 22.9 Å². The van der Waals surface area contributed by atoms with Gasteiger partial charge in [0.05, 0.1) is 28.9 Å². The Morgan fingerprint density at radius 1 is 0.821 bits per heavy atom. The Morgan fingerprint density at radius 3 is 1.68 bits per heavy atom. The molecule has 28 heavy (non-hydrogen) atoms. The lowest BCUT2D eigenvalue weighted by Gasteiger charge is -2.16. The van der Waals surface area contributed by atoms with Gasteiger partial charge in [-0.1, -0.05) is 52.4 Å². The third kappa shape index (κ3) is 6.93. The van der Waals surface area contributed by atoms with Crippen LogP contribution in [0.2, 0.25) is 0 Å². The van der Waals surface area contributed by atoms with Gasteiger partial charge in [0, 0.05) is 0 Å². The van der Waals surface area contributed by atoms with E-state index in [2.05, 4.69) is 13.8 Å². The van der Waals surface area contributed by atoms with Crippen LogP contribution in [-0.4, -0.2) is 19.0 Å². The Labute approximate surface area is 178 Å². The Morgan fingerprint density at radius 2 is 1.29 bits per heavy atom. The molecule has 2 heterocycles. The van der Waals surface area contributed by atoms with E-state index in [0.29, 0.717) is 13.2 Å². The monoisotopic (exact) mass is 422 g/mol. The van der Waals surface area contributed by atoms with Crippen LogP contribution in [0.15, 0.2) is 22.9 Å². The maximum atomic E-state index is 12.6. The number of ether oxygens (including phenoxy) is 2. The number of unbranched alkanes of at least 4 members (excludes halogenated alkanes) is 6. The molecule has 5 heteroatoms. The first kappa shape index (κ1) is 23.0. The third-order valence-corrected chi connectivity index (χ3v) is 6.68. The van der Waals surface area contributed by atoms with Crippen LogP contribution in [0.5, 0.6) is 11.5 Å². The molecule has 0 unspecified atom stereocenters. The summed E-state index contributed by atoms with van der Waals surface area (Å²) in [7, 11) is 0. The van der Waals surface area contributed by atoms with Crippen LogP contribution < -0.4 is 9.47 Å². The zero-order valence-electron chi connectivity index (χ0n) is 17.5. The maximum absolute atomic E-state index is 12.6. The average molecular weight is 423 g/mol. The highest BCUT2D eigenvalue weighted by Crippen LogP contribution is 2.43. The fourth-order valence-electron chi connectivity index (χ4n) is 3.19. The predicted octanol–water partition coefficient (Wildman–Crippen LogP) is 7.45. The minimum Gasteiger partial charge on any atom is -0.492 e. The van der Waals surface area contributed by atoms with E-state index in [1.165, 1.54) is 38.5 Å². The molecule has 0 aliphatic carbocycles. The van der Waals surface area contributed by atoms with E-state index in [4.69, 9.17) is 9.47 Å². The van der Waals surface area contributed by atoms with Crippen LogP contribution in [0.1, 0.15) is 87.8 Å². The number of hydrogen-bond acceptors (Lipinski definition) is 5. The van der Waals surface area contributed by atoms with Gasteiger partial charge in [-0.05, 0) is 42.7 Å². The molecule has 0 aliphatic heterocycles. The van der Waals surface area contributed by atoms with Crippen molar-refractivity contribution in [2.75, 3.05) is 13.2 Å². The molecule has 2 aromatic heterocycles. The van der Waals surface area contributed by atoms with Crippen molar-refractivity contribution in [3.8, 4) is 11.5 Å². The van der Waals surface area contributed by atoms with Crippen molar-refractivity contribution in [3.05, 3.63) is 32.6 Å². The van der Waals surface area contributed by atoms with Gasteiger partial charge in [0.2, 0.25) is 0 Å². The molecule has 0 amide bonds. The van der Waals surface area contributed by atoms with E-state index in [-0.39, 0.29) is 11.7 Å². The molecule has 0 saturated carbocycles. The summed E-state index contributed by atoms with van der Waals surface area (Å²) >= 11 is 3.20. The quantitative estimate of drug-likeness (QED) is 0.280. The average Bonchev–Trinajstić information content (AvgIpc) is 3.32. The number of carbonyl (C=O) groups excluding carboxylic acids is 1. The van der Waals surface area contributed by atoms with Crippen molar-refractivity contribution in [2.24, 2.45) is 0 Å². The van der Waals surface area contributed by atoms with Gasteiger partial charge < -0.3 is 9.47 Å². The largest absolute Gasteiger partial charge is 0.492 e. The molecule has 0 spiro atoms. The molecule has 0 aromatic carbocycles. The molecule has 2 rings (SSSR count). The van der Waals surface area contributed by atoms with E-state index >= 15 is 0 Å². The van der Waals surface area contributed by atoms with Crippen molar-refractivity contribution in [3.63, 3.8) is 0 Å². The molecule has 0 atom stereocenters. The lowest BCUT2D eigenvalue weighted by Crippen LogP contribution is -2.11. The molecule has 2 aromatic rings. The van der Waals surface area contributed by atoms with E-state index in [1.54, 1.807) is 29.6 Å². The molecule has 156 valence electrons. The minimum atomic E-state index is -0.295. The van der Waals surface area contributed by atoms with Gasteiger partial charge in [0.15, 0.2) is 0 Å². The van der Waals surface area contributed by atoms with Gasteiger partial charge in [0.25, 0.3) is 0 Å². The normalized spacial score (nSPS) is 11.1. The molecule has 0 radical (unpaired) electrons. The molecule has 0 N–H and O–H groups in total. The van der Waals surface area contributed by atoms with Crippen LogP contribution in [0.4, 0.5) is 0 Å². The zero-order chi connectivity index (χ0) is 20.2. The molecular formula is C23H34O3S2. The van der Waals surface area contributed by atoms with Gasteiger partial charge in [-0.2, -0.15) is 0 Å².